The van der Waals surface area contributed by atoms with E-state index in [9.17, 15) is 0 Å². The Hall–Kier alpha value is -0.930. The molecule has 1 aromatic carbocycles. The van der Waals surface area contributed by atoms with Crippen LogP contribution >= 0.6 is 11.6 Å². The van der Waals surface area contributed by atoms with Crippen LogP contribution in [0.5, 0.6) is 0 Å². The Balaban J connectivity index is 2.03. The molecule has 1 aliphatic rings. The smallest absolute Gasteiger partial charge is 0.0577 e. The maximum absolute atomic E-state index is 5.86. The Labute approximate surface area is 94.6 Å². The van der Waals surface area contributed by atoms with Crippen molar-refractivity contribution in [2.45, 2.75) is 18.9 Å². The molecule has 0 spiro atoms. The third-order valence-electron chi connectivity index (χ3n) is 2.59. The summed E-state index contributed by atoms with van der Waals surface area (Å²) in [6.07, 6.45) is 2.06. The number of anilines is 2. The highest BCUT2D eigenvalue weighted by Gasteiger charge is 2.14. The van der Waals surface area contributed by atoms with E-state index in [0.29, 0.717) is 16.8 Å². The highest BCUT2D eigenvalue weighted by Crippen LogP contribution is 2.24. The molecule has 3 nitrogen and oxygen atoms in total. The van der Waals surface area contributed by atoms with Crippen LogP contribution in [0, 0.1) is 0 Å². The number of benzene rings is 1. The minimum absolute atomic E-state index is 0.460. The Morgan fingerprint density at radius 3 is 2.73 bits per heavy atom. The van der Waals surface area contributed by atoms with Crippen molar-refractivity contribution in [1.29, 1.82) is 0 Å². The van der Waals surface area contributed by atoms with Crippen LogP contribution in [0.15, 0.2) is 18.2 Å². The molecule has 1 fully saturated rings. The van der Waals surface area contributed by atoms with E-state index in [0.717, 1.165) is 31.7 Å². The van der Waals surface area contributed by atoms with Gasteiger partial charge in [0.1, 0.15) is 0 Å². The number of hydrogen-bond donors (Lipinski definition) is 2. The van der Waals surface area contributed by atoms with Gasteiger partial charge in [0.25, 0.3) is 0 Å². The van der Waals surface area contributed by atoms with Crippen molar-refractivity contribution in [3.63, 3.8) is 0 Å². The first-order valence-electron chi connectivity index (χ1n) is 5.15. The van der Waals surface area contributed by atoms with Crippen LogP contribution < -0.4 is 11.1 Å². The topological polar surface area (TPSA) is 47.3 Å². The van der Waals surface area contributed by atoms with Gasteiger partial charge in [-0.1, -0.05) is 11.6 Å². The molecule has 1 heterocycles. The fourth-order valence-corrected chi connectivity index (χ4v) is 1.91. The van der Waals surface area contributed by atoms with E-state index >= 15 is 0 Å². The third kappa shape index (κ3) is 2.76. The average molecular weight is 227 g/mol. The first-order valence-corrected chi connectivity index (χ1v) is 5.53. The van der Waals surface area contributed by atoms with Crippen molar-refractivity contribution in [2.24, 2.45) is 0 Å². The number of nitrogen functional groups attached to an aromatic ring is 1. The van der Waals surface area contributed by atoms with Crippen LogP contribution in [0.3, 0.4) is 0 Å². The summed E-state index contributed by atoms with van der Waals surface area (Å²) in [6, 6.07) is 6.00. The van der Waals surface area contributed by atoms with E-state index in [1.165, 1.54) is 0 Å². The van der Waals surface area contributed by atoms with Gasteiger partial charge < -0.3 is 15.8 Å². The highest BCUT2D eigenvalue weighted by molar-refractivity contribution is 6.31. The summed E-state index contributed by atoms with van der Waals surface area (Å²) < 4.78 is 5.29. The largest absolute Gasteiger partial charge is 0.397 e. The highest BCUT2D eigenvalue weighted by atomic mass is 35.5. The number of halogens is 1. The van der Waals surface area contributed by atoms with Gasteiger partial charge in [-0.3, -0.25) is 0 Å². The second-order valence-corrected chi connectivity index (χ2v) is 4.20. The summed E-state index contributed by atoms with van der Waals surface area (Å²) >= 11 is 5.83. The van der Waals surface area contributed by atoms with E-state index < -0.39 is 0 Å². The molecule has 0 atom stereocenters. The summed E-state index contributed by atoms with van der Waals surface area (Å²) in [7, 11) is 0. The van der Waals surface area contributed by atoms with Crippen molar-refractivity contribution in [1.82, 2.24) is 0 Å². The molecule has 0 aromatic heterocycles. The van der Waals surface area contributed by atoms with Crippen LogP contribution in [0.2, 0.25) is 5.02 Å². The van der Waals surface area contributed by atoms with E-state index in [-0.39, 0.29) is 0 Å². The summed E-state index contributed by atoms with van der Waals surface area (Å²) in [5.41, 5.74) is 7.53. The maximum atomic E-state index is 5.86. The summed E-state index contributed by atoms with van der Waals surface area (Å²) in [4.78, 5) is 0. The molecular weight excluding hydrogens is 212 g/mol. The molecular formula is C11H15ClN2O. The molecule has 2 rings (SSSR count). The van der Waals surface area contributed by atoms with Crippen LogP contribution in [-0.4, -0.2) is 19.3 Å². The lowest BCUT2D eigenvalue weighted by Gasteiger charge is -2.24. The maximum Gasteiger partial charge on any atom is 0.0577 e. The number of ether oxygens (including phenoxy) is 1. The quantitative estimate of drug-likeness (QED) is 0.762. The predicted octanol–water partition coefficient (Wildman–Crippen LogP) is 2.51. The van der Waals surface area contributed by atoms with Crippen molar-refractivity contribution < 1.29 is 4.74 Å². The minimum atomic E-state index is 0.460. The predicted molar refractivity (Wildman–Crippen MR) is 63.3 cm³/mol. The Morgan fingerprint density at radius 2 is 2.07 bits per heavy atom. The first-order chi connectivity index (χ1) is 7.25. The zero-order valence-electron chi connectivity index (χ0n) is 8.50. The fraction of sp³-hybridized carbons (Fsp3) is 0.455. The molecule has 1 saturated heterocycles. The normalized spacial score (nSPS) is 17.7. The molecule has 4 heteroatoms. The SMILES string of the molecule is Nc1cc(Cl)ccc1NC1CCOCC1. The lowest BCUT2D eigenvalue weighted by molar-refractivity contribution is 0.0904. The van der Waals surface area contributed by atoms with Crippen molar-refractivity contribution >= 4 is 23.0 Å². The van der Waals surface area contributed by atoms with Gasteiger partial charge in [-0.25, -0.2) is 0 Å². The zero-order valence-corrected chi connectivity index (χ0v) is 9.26. The van der Waals surface area contributed by atoms with Gasteiger partial charge in [-0.2, -0.15) is 0 Å². The Bertz CT molecular complexity index is 337. The minimum Gasteiger partial charge on any atom is -0.397 e. The van der Waals surface area contributed by atoms with Crippen LogP contribution in [0.4, 0.5) is 11.4 Å². The lowest BCUT2D eigenvalue weighted by Crippen LogP contribution is -2.28. The van der Waals surface area contributed by atoms with Crippen molar-refractivity contribution in [3.05, 3.63) is 23.2 Å². The summed E-state index contributed by atoms with van der Waals surface area (Å²) in [5.74, 6) is 0. The molecule has 0 unspecified atom stereocenters. The second kappa shape index (κ2) is 4.73. The standard InChI is InChI=1S/C11H15ClN2O/c12-8-1-2-11(10(13)7-8)14-9-3-5-15-6-4-9/h1-2,7,9,14H,3-6,13H2. The van der Waals surface area contributed by atoms with Gasteiger partial charge in [0.2, 0.25) is 0 Å². The van der Waals surface area contributed by atoms with Crippen LogP contribution in [0.1, 0.15) is 12.8 Å². The molecule has 1 aromatic rings. The van der Waals surface area contributed by atoms with Crippen molar-refractivity contribution in [3.8, 4) is 0 Å². The van der Waals surface area contributed by atoms with Gasteiger partial charge in [0, 0.05) is 24.3 Å². The van der Waals surface area contributed by atoms with E-state index in [1.54, 1.807) is 6.07 Å². The second-order valence-electron chi connectivity index (χ2n) is 3.76. The molecule has 0 aliphatic carbocycles. The number of rotatable bonds is 2. The number of hydrogen-bond acceptors (Lipinski definition) is 3. The third-order valence-corrected chi connectivity index (χ3v) is 2.83. The Kier molecular flexibility index (Phi) is 3.34. The molecule has 1 aliphatic heterocycles. The van der Waals surface area contributed by atoms with Crippen molar-refractivity contribution in [2.75, 3.05) is 24.3 Å². The monoisotopic (exact) mass is 226 g/mol. The molecule has 0 radical (unpaired) electrons. The molecule has 15 heavy (non-hydrogen) atoms. The van der Waals surface area contributed by atoms with Gasteiger partial charge in [0.05, 0.1) is 11.4 Å². The van der Waals surface area contributed by atoms with Crippen LogP contribution in [-0.2, 0) is 4.74 Å². The van der Waals surface area contributed by atoms with E-state index in [1.807, 2.05) is 12.1 Å². The van der Waals surface area contributed by atoms with Gasteiger partial charge in [-0.15, -0.1) is 0 Å². The molecule has 0 bridgehead atoms. The lowest BCUT2D eigenvalue weighted by atomic mass is 10.1. The summed E-state index contributed by atoms with van der Waals surface area (Å²) in [5, 5.41) is 4.08. The van der Waals surface area contributed by atoms with Gasteiger partial charge >= 0.3 is 0 Å². The number of nitrogens with two attached hydrogens (primary N) is 1. The van der Waals surface area contributed by atoms with E-state index in [4.69, 9.17) is 22.1 Å². The fourth-order valence-electron chi connectivity index (χ4n) is 1.73. The molecule has 3 N–H and O–H groups in total. The molecule has 0 amide bonds. The number of nitrogens with one attached hydrogen (secondary N) is 1. The van der Waals surface area contributed by atoms with Crippen LogP contribution in [0.25, 0.3) is 0 Å². The first kappa shape index (κ1) is 10.6. The Morgan fingerprint density at radius 1 is 1.33 bits per heavy atom. The van der Waals surface area contributed by atoms with Gasteiger partial charge in [-0.05, 0) is 31.0 Å². The van der Waals surface area contributed by atoms with E-state index in [2.05, 4.69) is 5.32 Å². The molecule has 0 saturated carbocycles. The molecule has 82 valence electrons. The zero-order chi connectivity index (χ0) is 10.7. The average Bonchev–Trinajstić information content (AvgIpc) is 2.24. The summed E-state index contributed by atoms with van der Waals surface area (Å²) in [6.45, 7) is 1.65. The van der Waals surface area contributed by atoms with Gasteiger partial charge in [0.15, 0.2) is 0 Å².